The molecular weight excluding hydrogens is 384 g/mol. The number of nitrogens with zero attached hydrogens (tertiary/aromatic N) is 2. The van der Waals surface area contributed by atoms with Crippen molar-refractivity contribution in [3.05, 3.63) is 60.0 Å². The van der Waals surface area contributed by atoms with E-state index in [1.807, 2.05) is 0 Å². The van der Waals surface area contributed by atoms with Crippen LogP contribution in [0.3, 0.4) is 0 Å². The normalized spacial score (nSPS) is 13.7. The number of methoxy groups -OCH3 is 2. The summed E-state index contributed by atoms with van der Waals surface area (Å²) in [6.07, 6.45) is 6.03. The number of benzene rings is 1. The van der Waals surface area contributed by atoms with Crippen molar-refractivity contribution in [2.75, 3.05) is 24.9 Å². The Labute approximate surface area is 162 Å². The molecule has 0 N–H and O–H groups in total. The van der Waals surface area contributed by atoms with E-state index >= 15 is 0 Å². The average molecular weight is 402 g/mol. The Morgan fingerprint density at radius 3 is 2.29 bits per heavy atom. The molecule has 1 aliphatic heterocycles. The Morgan fingerprint density at radius 2 is 1.71 bits per heavy atom. The van der Waals surface area contributed by atoms with Crippen LogP contribution < -0.4 is 4.90 Å². The smallest absolute Gasteiger partial charge is 0.355 e. The number of carbonyl (C=O) groups excluding carboxylic acids is 2. The summed E-state index contributed by atoms with van der Waals surface area (Å²) >= 11 is 0. The van der Waals surface area contributed by atoms with E-state index in [0.29, 0.717) is 5.69 Å². The molecule has 146 valence electrons. The number of esters is 2. The van der Waals surface area contributed by atoms with Crippen LogP contribution >= 0.6 is 0 Å². The SMILES string of the molecule is COC(=O)C1=C(C(=O)OC)N(c2ccc(S(=O)(=O)CCC#N)cc2)C=CC=C1. The Balaban J connectivity index is 2.51. The molecule has 0 amide bonds. The summed E-state index contributed by atoms with van der Waals surface area (Å²) in [4.78, 5) is 25.9. The summed E-state index contributed by atoms with van der Waals surface area (Å²) in [6, 6.07) is 7.54. The number of anilines is 1. The Hall–Kier alpha value is -3.38. The summed E-state index contributed by atoms with van der Waals surface area (Å²) in [7, 11) is -1.21. The lowest BCUT2D eigenvalue weighted by Crippen LogP contribution is -2.27. The predicted octanol–water partition coefficient (Wildman–Crippen LogP) is 1.86. The van der Waals surface area contributed by atoms with Crippen molar-refractivity contribution in [2.45, 2.75) is 11.3 Å². The zero-order valence-corrected chi connectivity index (χ0v) is 16.1. The van der Waals surface area contributed by atoms with E-state index in [9.17, 15) is 18.0 Å². The van der Waals surface area contributed by atoms with Crippen molar-refractivity contribution in [3.63, 3.8) is 0 Å². The van der Waals surface area contributed by atoms with E-state index in [0.717, 1.165) is 0 Å². The lowest BCUT2D eigenvalue weighted by Gasteiger charge is -2.23. The molecule has 0 unspecified atom stereocenters. The fourth-order valence-corrected chi connectivity index (χ4v) is 3.62. The molecule has 0 atom stereocenters. The number of hydrogen-bond acceptors (Lipinski definition) is 8. The van der Waals surface area contributed by atoms with Gasteiger partial charge in [-0.1, -0.05) is 6.08 Å². The van der Waals surface area contributed by atoms with Gasteiger partial charge < -0.3 is 14.4 Å². The maximum atomic E-state index is 12.4. The highest BCUT2D eigenvalue weighted by atomic mass is 32.2. The quantitative estimate of drug-likeness (QED) is 0.663. The van der Waals surface area contributed by atoms with Gasteiger partial charge in [0.05, 0.1) is 36.5 Å². The molecule has 9 heteroatoms. The molecule has 0 bridgehead atoms. The van der Waals surface area contributed by atoms with E-state index < -0.39 is 21.8 Å². The van der Waals surface area contributed by atoms with E-state index in [1.165, 1.54) is 55.7 Å². The maximum Gasteiger partial charge on any atom is 0.355 e. The molecule has 0 aromatic heterocycles. The first-order valence-electron chi connectivity index (χ1n) is 8.10. The lowest BCUT2D eigenvalue weighted by molar-refractivity contribution is -0.139. The number of hydrogen-bond donors (Lipinski definition) is 0. The first-order valence-corrected chi connectivity index (χ1v) is 9.75. The van der Waals surface area contributed by atoms with Crippen molar-refractivity contribution >= 4 is 27.5 Å². The van der Waals surface area contributed by atoms with Crippen LogP contribution in [0.5, 0.6) is 0 Å². The van der Waals surface area contributed by atoms with Gasteiger partial charge >= 0.3 is 11.9 Å². The molecule has 0 radical (unpaired) electrons. The molecule has 8 nitrogen and oxygen atoms in total. The molecule has 2 rings (SSSR count). The van der Waals surface area contributed by atoms with Gasteiger partial charge in [0.15, 0.2) is 9.84 Å². The third-order valence-electron chi connectivity index (χ3n) is 3.85. The summed E-state index contributed by atoms with van der Waals surface area (Å²) in [5, 5.41) is 8.59. The maximum absolute atomic E-state index is 12.4. The van der Waals surface area contributed by atoms with Crippen LogP contribution in [-0.2, 0) is 28.9 Å². The van der Waals surface area contributed by atoms with Gasteiger partial charge in [0, 0.05) is 18.3 Å². The average Bonchev–Trinajstić information content (AvgIpc) is 2.94. The number of rotatable bonds is 6. The summed E-state index contributed by atoms with van der Waals surface area (Å²) in [5.74, 6) is -1.76. The molecule has 0 aliphatic carbocycles. The first kappa shape index (κ1) is 20.9. The third-order valence-corrected chi connectivity index (χ3v) is 5.58. The first-order chi connectivity index (χ1) is 13.4. The summed E-state index contributed by atoms with van der Waals surface area (Å²) < 4.78 is 33.9. The molecule has 1 aromatic carbocycles. The minimum absolute atomic E-state index is 0.00920. The Kier molecular flexibility index (Phi) is 6.74. The van der Waals surface area contributed by atoms with Gasteiger partial charge in [0.25, 0.3) is 0 Å². The number of nitriles is 1. The van der Waals surface area contributed by atoms with Crippen molar-refractivity contribution < 1.29 is 27.5 Å². The van der Waals surface area contributed by atoms with Crippen LogP contribution in [0.25, 0.3) is 0 Å². The van der Waals surface area contributed by atoms with Gasteiger partial charge in [0.2, 0.25) is 0 Å². The highest BCUT2D eigenvalue weighted by Gasteiger charge is 2.27. The van der Waals surface area contributed by atoms with Crippen molar-refractivity contribution in [1.29, 1.82) is 5.26 Å². The van der Waals surface area contributed by atoms with Crippen LogP contribution in [0.1, 0.15) is 6.42 Å². The molecule has 0 spiro atoms. The number of allylic oxidation sites excluding steroid dienone is 2. The van der Waals surface area contributed by atoms with Gasteiger partial charge in [-0.2, -0.15) is 5.26 Å². The van der Waals surface area contributed by atoms with Crippen LogP contribution in [0, 0.1) is 11.3 Å². The fraction of sp³-hybridized carbons (Fsp3) is 0.211. The monoisotopic (exact) mass is 402 g/mol. The molecule has 0 saturated carbocycles. The van der Waals surface area contributed by atoms with Gasteiger partial charge in [-0.25, -0.2) is 18.0 Å². The van der Waals surface area contributed by atoms with Crippen molar-refractivity contribution in [3.8, 4) is 6.07 Å². The fourth-order valence-electron chi connectivity index (χ4n) is 2.48. The minimum atomic E-state index is -3.59. The zero-order chi connectivity index (χ0) is 20.7. The van der Waals surface area contributed by atoms with Gasteiger partial charge in [-0.15, -0.1) is 0 Å². The van der Waals surface area contributed by atoms with Crippen LogP contribution in [0.15, 0.2) is 64.9 Å². The lowest BCUT2D eigenvalue weighted by atomic mass is 10.1. The molecule has 0 saturated heterocycles. The second-order valence-corrected chi connectivity index (χ2v) is 7.65. The molecule has 0 fully saturated rings. The van der Waals surface area contributed by atoms with Crippen molar-refractivity contribution in [2.24, 2.45) is 0 Å². The van der Waals surface area contributed by atoms with Gasteiger partial charge in [-0.05, 0) is 36.4 Å². The summed E-state index contributed by atoms with van der Waals surface area (Å²) in [5.41, 5.74) is 0.352. The second-order valence-electron chi connectivity index (χ2n) is 5.54. The van der Waals surface area contributed by atoms with Crippen LogP contribution in [-0.4, -0.2) is 40.3 Å². The topological polar surface area (TPSA) is 114 Å². The molecule has 1 heterocycles. The minimum Gasteiger partial charge on any atom is -0.465 e. The highest BCUT2D eigenvalue weighted by molar-refractivity contribution is 7.91. The largest absolute Gasteiger partial charge is 0.465 e. The van der Waals surface area contributed by atoms with E-state index in [1.54, 1.807) is 18.2 Å². The highest BCUT2D eigenvalue weighted by Crippen LogP contribution is 2.27. The Bertz CT molecular complexity index is 998. The summed E-state index contributed by atoms with van der Waals surface area (Å²) in [6.45, 7) is 0. The number of carbonyl (C=O) groups is 2. The predicted molar refractivity (Wildman–Crippen MR) is 101 cm³/mol. The zero-order valence-electron chi connectivity index (χ0n) is 15.3. The van der Waals surface area contributed by atoms with Gasteiger partial charge in [0.1, 0.15) is 5.70 Å². The van der Waals surface area contributed by atoms with E-state index in [2.05, 4.69) is 0 Å². The van der Waals surface area contributed by atoms with E-state index in [4.69, 9.17) is 14.7 Å². The van der Waals surface area contributed by atoms with Crippen molar-refractivity contribution in [1.82, 2.24) is 0 Å². The van der Waals surface area contributed by atoms with Gasteiger partial charge in [-0.3, -0.25) is 0 Å². The number of sulfone groups is 1. The van der Waals surface area contributed by atoms with Crippen LogP contribution in [0.2, 0.25) is 0 Å². The van der Waals surface area contributed by atoms with Crippen LogP contribution in [0.4, 0.5) is 5.69 Å². The molecule has 1 aromatic rings. The second kappa shape index (κ2) is 9.01. The van der Waals surface area contributed by atoms with E-state index in [-0.39, 0.29) is 28.3 Å². The Morgan fingerprint density at radius 1 is 1.07 bits per heavy atom. The molecular formula is C19H18N2O6S. The molecule has 1 aliphatic rings. The standard InChI is InChI=1S/C19H18N2O6S/c1-26-18(22)16-6-3-4-12-21(17(16)19(23)27-2)14-7-9-15(10-8-14)28(24,25)13-5-11-20/h3-4,6-10,12H,5,13H2,1-2H3. The molecule has 28 heavy (non-hydrogen) atoms. The number of ether oxygens (including phenoxy) is 2. The third kappa shape index (κ3) is 4.47.